The lowest BCUT2D eigenvalue weighted by Gasteiger charge is -2.33. The molecule has 1 aromatic rings. The van der Waals surface area contributed by atoms with Crippen LogP contribution in [-0.4, -0.2) is 30.6 Å². The summed E-state index contributed by atoms with van der Waals surface area (Å²) in [6.07, 6.45) is 0. The van der Waals surface area contributed by atoms with E-state index in [2.05, 4.69) is 22.5 Å². The number of nitrogens with one attached hydrogen (secondary N) is 1. The van der Waals surface area contributed by atoms with Crippen molar-refractivity contribution in [2.45, 2.75) is 19.5 Å². The van der Waals surface area contributed by atoms with Gasteiger partial charge < -0.3 is 5.32 Å². The summed E-state index contributed by atoms with van der Waals surface area (Å²) < 4.78 is 0. The van der Waals surface area contributed by atoms with Gasteiger partial charge in [-0.1, -0.05) is 11.6 Å². The second-order valence-corrected chi connectivity index (χ2v) is 4.92. The highest BCUT2D eigenvalue weighted by molar-refractivity contribution is 7.08. The van der Waals surface area contributed by atoms with Crippen molar-refractivity contribution in [2.75, 3.05) is 19.6 Å². The Balaban J connectivity index is 0.00000112. The molecule has 2 heterocycles. The van der Waals surface area contributed by atoms with Gasteiger partial charge in [0.2, 0.25) is 0 Å². The van der Waals surface area contributed by atoms with E-state index in [0.29, 0.717) is 6.04 Å². The van der Waals surface area contributed by atoms with Gasteiger partial charge >= 0.3 is 0 Å². The fourth-order valence-corrected chi connectivity index (χ4v) is 2.80. The van der Waals surface area contributed by atoms with E-state index in [1.165, 1.54) is 5.56 Å². The molecule has 0 spiro atoms. The summed E-state index contributed by atoms with van der Waals surface area (Å²) in [4.78, 5) is 2.48. The Kier molecular flexibility index (Phi) is 5.36. The summed E-state index contributed by atoms with van der Waals surface area (Å²) in [5.41, 5.74) is 1.27. The molecule has 1 atom stereocenters. The van der Waals surface area contributed by atoms with Crippen LogP contribution in [0.25, 0.3) is 0 Å². The third kappa shape index (κ3) is 3.33. The zero-order valence-electron chi connectivity index (χ0n) is 8.70. The van der Waals surface area contributed by atoms with Crippen LogP contribution in [0.2, 0.25) is 5.02 Å². The van der Waals surface area contributed by atoms with E-state index in [9.17, 15) is 0 Å². The Labute approximate surface area is 106 Å². The van der Waals surface area contributed by atoms with Crippen LogP contribution in [0.1, 0.15) is 12.5 Å². The second kappa shape index (κ2) is 6.06. The van der Waals surface area contributed by atoms with Crippen molar-refractivity contribution < 1.29 is 0 Å². The summed E-state index contributed by atoms with van der Waals surface area (Å²) in [5.74, 6) is 0. The monoisotopic (exact) mass is 266 g/mol. The van der Waals surface area contributed by atoms with Gasteiger partial charge in [0, 0.05) is 37.6 Å². The topological polar surface area (TPSA) is 15.3 Å². The van der Waals surface area contributed by atoms with Crippen LogP contribution in [0.4, 0.5) is 0 Å². The minimum atomic E-state index is 0. The van der Waals surface area contributed by atoms with Gasteiger partial charge in [0.05, 0.1) is 5.02 Å². The van der Waals surface area contributed by atoms with Crippen LogP contribution in [0, 0.1) is 0 Å². The fourth-order valence-electron chi connectivity index (χ4n) is 1.76. The predicted molar refractivity (Wildman–Crippen MR) is 69.3 cm³/mol. The average molecular weight is 267 g/mol. The first-order valence-electron chi connectivity index (χ1n) is 4.92. The van der Waals surface area contributed by atoms with Crippen molar-refractivity contribution in [1.82, 2.24) is 10.2 Å². The van der Waals surface area contributed by atoms with Crippen LogP contribution in [-0.2, 0) is 6.54 Å². The number of halogens is 2. The molecule has 1 N–H and O–H groups in total. The Morgan fingerprint density at radius 2 is 2.40 bits per heavy atom. The molecule has 86 valence electrons. The van der Waals surface area contributed by atoms with Gasteiger partial charge in [-0.05, 0) is 17.9 Å². The van der Waals surface area contributed by atoms with Gasteiger partial charge in [0.25, 0.3) is 0 Å². The van der Waals surface area contributed by atoms with Gasteiger partial charge in [-0.25, -0.2) is 0 Å². The summed E-state index contributed by atoms with van der Waals surface area (Å²) in [7, 11) is 0. The molecule has 0 aromatic carbocycles. The van der Waals surface area contributed by atoms with Crippen LogP contribution in [0.3, 0.4) is 0 Å². The standard InChI is InChI=1S/C10H15ClN2S.ClH/c1-8-4-12-2-3-13(8)5-9-6-14-7-10(9)11;/h6-8,12H,2-5H2,1H3;1H. The van der Waals surface area contributed by atoms with Crippen molar-refractivity contribution in [2.24, 2.45) is 0 Å². The van der Waals surface area contributed by atoms with E-state index in [1.807, 2.05) is 5.38 Å². The smallest absolute Gasteiger partial charge is 0.0557 e. The molecule has 0 aliphatic carbocycles. The first-order chi connectivity index (χ1) is 6.77. The molecule has 0 saturated carbocycles. The van der Waals surface area contributed by atoms with E-state index in [1.54, 1.807) is 11.3 Å². The summed E-state index contributed by atoms with van der Waals surface area (Å²) in [5, 5.41) is 8.46. The van der Waals surface area contributed by atoms with Gasteiger partial charge in [-0.15, -0.1) is 12.4 Å². The van der Waals surface area contributed by atoms with Crippen LogP contribution in [0.5, 0.6) is 0 Å². The van der Waals surface area contributed by atoms with E-state index >= 15 is 0 Å². The zero-order chi connectivity index (χ0) is 9.97. The first-order valence-corrected chi connectivity index (χ1v) is 6.25. The Morgan fingerprint density at radius 1 is 1.60 bits per heavy atom. The molecular weight excluding hydrogens is 251 g/mol. The third-order valence-electron chi connectivity index (χ3n) is 2.70. The normalized spacial score (nSPS) is 22.4. The molecule has 2 rings (SSSR count). The number of hydrogen-bond donors (Lipinski definition) is 1. The number of thiophene rings is 1. The van der Waals surface area contributed by atoms with Crippen molar-refractivity contribution >= 4 is 35.3 Å². The maximum Gasteiger partial charge on any atom is 0.0557 e. The lowest BCUT2D eigenvalue weighted by molar-refractivity contribution is 0.166. The molecular formula is C10H16Cl2N2S. The Hall–Kier alpha value is 0.200. The molecule has 1 aromatic heterocycles. The largest absolute Gasteiger partial charge is 0.314 e. The van der Waals surface area contributed by atoms with Gasteiger partial charge in [-0.2, -0.15) is 11.3 Å². The molecule has 1 aliphatic rings. The molecule has 1 aliphatic heterocycles. The highest BCUT2D eigenvalue weighted by Crippen LogP contribution is 2.23. The van der Waals surface area contributed by atoms with Gasteiger partial charge in [-0.3, -0.25) is 4.90 Å². The average Bonchev–Trinajstić information content (AvgIpc) is 2.56. The molecule has 0 amide bonds. The lowest BCUT2D eigenvalue weighted by Crippen LogP contribution is -2.49. The molecule has 2 nitrogen and oxygen atoms in total. The summed E-state index contributed by atoms with van der Waals surface area (Å²) in [6.45, 7) is 6.54. The molecule has 1 saturated heterocycles. The molecule has 1 fully saturated rings. The number of nitrogens with zero attached hydrogens (tertiary/aromatic N) is 1. The minimum absolute atomic E-state index is 0. The van der Waals surface area contributed by atoms with E-state index in [-0.39, 0.29) is 12.4 Å². The number of piperazine rings is 1. The summed E-state index contributed by atoms with van der Waals surface area (Å²) in [6, 6.07) is 0.611. The summed E-state index contributed by atoms with van der Waals surface area (Å²) >= 11 is 7.76. The fraction of sp³-hybridized carbons (Fsp3) is 0.600. The SMILES string of the molecule is CC1CNCCN1Cc1cscc1Cl.Cl. The number of rotatable bonds is 2. The first kappa shape index (κ1) is 13.3. The highest BCUT2D eigenvalue weighted by atomic mass is 35.5. The van der Waals surface area contributed by atoms with Crippen LogP contribution in [0.15, 0.2) is 10.8 Å². The Morgan fingerprint density at radius 3 is 3.00 bits per heavy atom. The molecule has 0 radical (unpaired) electrons. The molecule has 1 unspecified atom stereocenters. The lowest BCUT2D eigenvalue weighted by atomic mass is 10.2. The predicted octanol–water partition coefficient (Wildman–Crippen LogP) is 2.62. The Bertz CT molecular complexity index is 303. The highest BCUT2D eigenvalue weighted by Gasteiger charge is 2.18. The van der Waals surface area contributed by atoms with E-state index in [4.69, 9.17) is 11.6 Å². The molecule has 15 heavy (non-hydrogen) atoms. The van der Waals surface area contributed by atoms with Crippen LogP contribution < -0.4 is 5.32 Å². The zero-order valence-corrected chi connectivity index (χ0v) is 11.1. The quantitative estimate of drug-likeness (QED) is 0.886. The second-order valence-electron chi connectivity index (χ2n) is 3.77. The van der Waals surface area contributed by atoms with Crippen molar-refractivity contribution in [3.05, 3.63) is 21.3 Å². The maximum absolute atomic E-state index is 6.07. The van der Waals surface area contributed by atoms with Crippen LogP contribution >= 0.6 is 35.3 Å². The van der Waals surface area contributed by atoms with Gasteiger partial charge in [0.1, 0.15) is 0 Å². The van der Waals surface area contributed by atoms with Crippen molar-refractivity contribution in [3.63, 3.8) is 0 Å². The van der Waals surface area contributed by atoms with Gasteiger partial charge in [0.15, 0.2) is 0 Å². The van der Waals surface area contributed by atoms with Crippen molar-refractivity contribution in [1.29, 1.82) is 0 Å². The maximum atomic E-state index is 6.07. The molecule has 0 bridgehead atoms. The third-order valence-corrected chi connectivity index (χ3v) is 3.97. The molecule has 5 heteroatoms. The van der Waals surface area contributed by atoms with Crippen molar-refractivity contribution in [3.8, 4) is 0 Å². The number of hydrogen-bond acceptors (Lipinski definition) is 3. The minimum Gasteiger partial charge on any atom is -0.314 e. The van der Waals surface area contributed by atoms with E-state index < -0.39 is 0 Å². The van der Waals surface area contributed by atoms with E-state index in [0.717, 1.165) is 31.2 Å².